The summed E-state index contributed by atoms with van der Waals surface area (Å²) in [7, 11) is 0. The number of imide groups is 1. The second-order valence-electron chi connectivity index (χ2n) is 18.0. The maximum absolute atomic E-state index is 12.9. The van der Waals surface area contributed by atoms with Gasteiger partial charge >= 0.3 is 0 Å². The Morgan fingerprint density at radius 2 is 1.71 bits per heavy atom. The Balaban J connectivity index is 0.725. The zero-order chi connectivity index (χ0) is 40.1. The number of phenolic OH excluding ortho intramolecular Hbond substituents is 1. The molecule has 0 radical (unpaired) electrons. The molecule has 1 spiro atoms. The number of piperazine rings is 1. The fourth-order valence-electron chi connectivity index (χ4n) is 11.4. The van der Waals surface area contributed by atoms with E-state index in [1.807, 2.05) is 18.2 Å². The number of aromatic hydroxyl groups is 1. The molecule has 2 aliphatic carbocycles. The van der Waals surface area contributed by atoms with Gasteiger partial charge in [-0.3, -0.25) is 24.6 Å². The first-order valence-corrected chi connectivity index (χ1v) is 21.8. The molecule has 0 bridgehead atoms. The molecule has 4 aliphatic heterocycles. The minimum atomic E-state index is -0.749. The number of amides is 3. The lowest BCUT2D eigenvalue weighted by atomic mass is 9.69. The molecular weight excluding hydrogens is 741 g/mol. The van der Waals surface area contributed by atoms with Crippen molar-refractivity contribution in [1.82, 2.24) is 20.5 Å². The molecule has 5 atom stereocenters. The molecular formula is C48H54N6O5. The number of nitrogens with zero attached hydrogens (tertiary/aromatic N) is 4. The van der Waals surface area contributed by atoms with Crippen LogP contribution in [0.4, 0.5) is 11.4 Å². The summed E-state index contributed by atoms with van der Waals surface area (Å²) in [4.78, 5) is 48.7. The largest absolute Gasteiger partial charge is 0.508 e. The predicted molar refractivity (Wildman–Crippen MR) is 226 cm³/mol. The van der Waals surface area contributed by atoms with Gasteiger partial charge < -0.3 is 25.0 Å². The summed E-state index contributed by atoms with van der Waals surface area (Å²) in [5.74, 6) is 0.948. The average Bonchev–Trinajstić information content (AvgIpc) is 3.65. The highest BCUT2D eigenvalue weighted by Crippen LogP contribution is 2.51. The van der Waals surface area contributed by atoms with Gasteiger partial charge in [-0.1, -0.05) is 48.5 Å². The number of aryl methyl sites for hydroxylation is 1. The third-order valence-electron chi connectivity index (χ3n) is 14.5. The molecule has 11 nitrogen and oxygen atoms in total. The normalized spacial score (nSPS) is 26.3. The van der Waals surface area contributed by atoms with Gasteiger partial charge in [0.1, 0.15) is 29.8 Å². The molecule has 1 unspecified atom stereocenters. The number of fused-ring (bicyclic) bond motifs is 4. The average molecular weight is 795 g/mol. The predicted octanol–water partition coefficient (Wildman–Crippen LogP) is 6.15. The summed E-state index contributed by atoms with van der Waals surface area (Å²) in [6, 6.07) is 29.4. The standard InChI is InChI=1S/C48H54N6O5/c55-37-11-13-39-34(26-37)8-12-38(32-4-2-1-3-5-32)44(39)33-6-9-35(10-7-33)53-22-20-48(21-23-53)19-18-31(27-48)28-52-24-25-54-36(29-52)30-59-47-42(54)16-14-41(50-47)45(57)49-40-15-17-43(56)51-46(40)58/h1-7,9-11,13-14,16,26,31,36,38,40,44,55H,8,12,15,17-25,27-30H2,(H,49,57)(H,51,56,58)/t31?,36-,38-,40+,44+/m1/s1. The molecule has 5 heterocycles. The zero-order valence-electron chi connectivity index (χ0n) is 33.7. The molecule has 4 aromatic rings. The van der Waals surface area contributed by atoms with Gasteiger partial charge in [-0.2, -0.15) is 0 Å². The topological polar surface area (TPSA) is 127 Å². The van der Waals surface area contributed by atoms with Crippen molar-refractivity contribution in [3.8, 4) is 11.6 Å². The summed E-state index contributed by atoms with van der Waals surface area (Å²) in [5, 5.41) is 15.3. The van der Waals surface area contributed by atoms with Gasteiger partial charge in [0.2, 0.25) is 17.7 Å². The van der Waals surface area contributed by atoms with Crippen molar-refractivity contribution in [1.29, 1.82) is 0 Å². The summed E-state index contributed by atoms with van der Waals surface area (Å²) in [5.41, 5.74) is 8.24. The van der Waals surface area contributed by atoms with Gasteiger partial charge in [0.05, 0.1) is 6.04 Å². The highest BCUT2D eigenvalue weighted by molar-refractivity contribution is 6.03. The van der Waals surface area contributed by atoms with Gasteiger partial charge in [0, 0.05) is 57.3 Å². The van der Waals surface area contributed by atoms with Crippen molar-refractivity contribution in [2.45, 2.75) is 81.7 Å². The fraction of sp³-hybridized carbons (Fsp3) is 0.458. The third kappa shape index (κ3) is 7.54. The van der Waals surface area contributed by atoms with E-state index in [-0.39, 0.29) is 36.4 Å². The number of ether oxygens (including phenoxy) is 1. The van der Waals surface area contributed by atoms with Crippen LogP contribution in [0.2, 0.25) is 0 Å². The summed E-state index contributed by atoms with van der Waals surface area (Å²) < 4.78 is 6.15. The van der Waals surface area contributed by atoms with Crippen molar-refractivity contribution >= 4 is 29.1 Å². The minimum Gasteiger partial charge on any atom is -0.508 e. The molecule has 1 aromatic heterocycles. The summed E-state index contributed by atoms with van der Waals surface area (Å²) >= 11 is 0. The van der Waals surface area contributed by atoms with Crippen molar-refractivity contribution in [3.63, 3.8) is 0 Å². The number of carbonyl (C=O) groups excluding carboxylic acids is 3. The number of piperidine rings is 2. The van der Waals surface area contributed by atoms with Gasteiger partial charge in [0.25, 0.3) is 5.91 Å². The lowest BCUT2D eigenvalue weighted by Gasteiger charge is -2.46. The van der Waals surface area contributed by atoms with E-state index < -0.39 is 17.9 Å². The first-order chi connectivity index (χ1) is 28.8. The Kier molecular flexibility index (Phi) is 10.0. The van der Waals surface area contributed by atoms with E-state index in [4.69, 9.17) is 4.74 Å². The van der Waals surface area contributed by atoms with Crippen molar-refractivity contribution < 1.29 is 24.2 Å². The summed E-state index contributed by atoms with van der Waals surface area (Å²) in [6.07, 6.45) is 8.98. The van der Waals surface area contributed by atoms with Crippen LogP contribution in [0.5, 0.6) is 11.6 Å². The SMILES string of the molecule is O=C1CC[C@H](NC(=O)c2ccc3c(n2)OC[C@H]2CN(CC4CCC5(CCN(c6ccc([C@@H]7c8ccc(O)cc8CC[C@@H]7c7ccccc7)cc6)CC5)C4)CCN32)C(=O)N1. The van der Waals surface area contributed by atoms with E-state index in [0.717, 1.165) is 57.8 Å². The Morgan fingerprint density at radius 1 is 0.881 bits per heavy atom. The van der Waals surface area contributed by atoms with Crippen LogP contribution >= 0.6 is 0 Å². The number of hydrogen-bond donors (Lipinski definition) is 3. The molecule has 3 amide bonds. The molecule has 10 rings (SSSR count). The van der Waals surface area contributed by atoms with Gasteiger partial charge in [-0.15, -0.1) is 0 Å². The van der Waals surface area contributed by atoms with Crippen LogP contribution in [0, 0.1) is 11.3 Å². The molecule has 3 aromatic carbocycles. The number of hydrogen-bond acceptors (Lipinski definition) is 9. The number of benzene rings is 3. The van der Waals surface area contributed by atoms with Crippen LogP contribution in [0.15, 0.2) is 84.9 Å². The summed E-state index contributed by atoms with van der Waals surface area (Å²) in [6.45, 7) is 6.70. The fourth-order valence-corrected chi connectivity index (χ4v) is 11.4. The third-order valence-corrected chi connectivity index (χ3v) is 14.5. The number of carbonyl (C=O) groups is 3. The number of rotatable bonds is 7. The first-order valence-electron chi connectivity index (χ1n) is 21.8. The van der Waals surface area contributed by atoms with Crippen molar-refractivity contribution in [2.75, 3.05) is 55.7 Å². The van der Waals surface area contributed by atoms with Gasteiger partial charge in [-0.25, -0.2) is 4.98 Å². The quantitative estimate of drug-likeness (QED) is 0.189. The number of nitrogens with one attached hydrogen (secondary N) is 2. The number of aromatic nitrogens is 1. The number of pyridine rings is 1. The second-order valence-corrected chi connectivity index (χ2v) is 18.0. The highest BCUT2D eigenvalue weighted by Gasteiger charge is 2.43. The van der Waals surface area contributed by atoms with E-state index in [1.165, 1.54) is 60.0 Å². The molecule has 6 aliphatic rings. The molecule has 306 valence electrons. The molecule has 4 fully saturated rings. The molecule has 59 heavy (non-hydrogen) atoms. The van der Waals surface area contributed by atoms with Crippen LogP contribution in [0.1, 0.15) is 95.9 Å². The van der Waals surface area contributed by atoms with E-state index in [2.05, 4.69) is 91.0 Å². The maximum atomic E-state index is 12.9. The molecule has 3 saturated heterocycles. The second kappa shape index (κ2) is 15.6. The number of anilines is 2. The van der Waals surface area contributed by atoms with Crippen LogP contribution in [-0.2, 0) is 16.0 Å². The highest BCUT2D eigenvalue weighted by atomic mass is 16.5. The smallest absolute Gasteiger partial charge is 0.270 e. The lowest BCUT2D eigenvalue weighted by Crippen LogP contribution is -2.58. The molecule has 1 saturated carbocycles. The Hall–Kier alpha value is -5.42. The van der Waals surface area contributed by atoms with Crippen LogP contribution in [0.25, 0.3) is 0 Å². The molecule has 11 heteroatoms. The van der Waals surface area contributed by atoms with Crippen molar-refractivity contribution in [3.05, 3.63) is 113 Å². The minimum absolute atomic E-state index is 0.198. The van der Waals surface area contributed by atoms with Gasteiger partial charge in [0.15, 0.2) is 0 Å². The Labute approximate surface area is 346 Å². The van der Waals surface area contributed by atoms with Gasteiger partial charge in [-0.05, 0) is 127 Å². The first kappa shape index (κ1) is 37.8. The monoisotopic (exact) mass is 794 g/mol. The number of phenols is 1. The zero-order valence-corrected chi connectivity index (χ0v) is 33.7. The maximum Gasteiger partial charge on any atom is 0.270 e. The molecule has 3 N–H and O–H groups in total. The van der Waals surface area contributed by atoms with Crippen molar-refractivity contribution in [2.24, 2.45) is 11.3 Å². The van der Waals surface area contributed by atoms with Crippen LogP contribution in [0.3, 0.4) is 0 Å². The Morgan fingerprint density at radius 3 is 2.53 bits per heavy atom. The van der Waals surface area contributed by atoms with E-state index in [9.17, 15) is 19.5 Å². The van der Waals surface area contributed by atoms with Crippen LogP contribution in [-0.4, -0.2) is 90.7 Å². The Bertz CT molecular complexity index is 2220. The van der Waals surface area contributed by atoms with E-state index >= 15 is 0 Å². The van der Waals surface area contributed by atoms with E-state index in [0.29, 0.717) is 35.5 Å². The lowest BCUT2D eigenvalue weighted by molar-refractivity contribution is -0.134. The van der Waals surface area contributed by atoms with Crippen LogP contribution < -0.4 is 25.2 Å². The van der Waals surface area contributed by atoms with E-state index in [1.54, 1.807) is 6.07 Å².